The van der Waals surface area contributed by atoms with Crippen molar-refractivity contribution in [2.45, 2.75) is 25.8 Å². The lowest BCUT2D eigenvalue weighted by Crippen LogP contribution is -2.41. The van der Waals surface area contributed by atoms with Gasteiger partial charge in [-0.25, -0.2) is 5.01 Å². The second kappa shape index (κ2) is 10.9. The molecule has 0 saturated heterocycles. The van der Waals surface area contributed by atoms with Crippen LogP contribution in [0.2, 0.25) is 0 Å². The lowest BCUT2D eigenvalue weighted by molar-refractivity contribution is -0.134. The summed E-state index contributed by atoms with van der Waals surface area (Å²) in [4.78, 5) is 26.8. The Bertz CT molecular complexity index is 893. The Kier molecular flexibility index (Phi) is 7.97. The van der Waals surface area contributed by atoms with Gasteiger partial charge in [-0.05, 0) is 38.1 Å². The van der Waals surface area contributed by atoms with E-state index < -0.39 is 0 Å². The number of carbonyl (C=O) groups excluding carboxylic acids is 2. The number of amides is 2. The summed E-state index contributed by atoms with van der Waals surface area (Å²) in [5.41, 5.74) is 2.99. The lowest BCUT2D eigenvalue weighted by atomic mass is 10.0. The minimum Gasteiger partial charge on any atom is -0.467 e. The normalized spacial score (nSPS) is 15.9. The van der Waals surface area contributed by atoms with E-state index in [-0.39, 0.29) is 30.9 Å². The fourth-order valence-electron chi connectivity index (χ4n) is 3.47. The minimum absolute atomic E-state index is 0.0768. The molecule has 1 atom stereocenters. The van der Waals surface area contributed by atoms with Crippen LogP contribution in [0.4, 0.5) is 0 Å². The quantitative estimate of drug-likeness (QED) is 0.590. The van der Waals surface area contributed by atoms with E-state index in [4.69, 9.17) is 9.15 Å². The maximum atomic E-state index is 13.1. The second-order valence-electron chi connectivity index (χ2n) is 7.75. The largest absolute Gasteiger partial charge is 0.467 e. The van der Waals surface area contributed by atoms with Gasteiger partial charge in [-0.1, -0.05) is 29.8 Å². The van der Waals surface area contributed by atoms with Crippen LogP contribution in [0, 0.1) is 6.92 Å². The SMILES string of the molecule is COCCCNC(=O)CN(C)CC(=O)N1N=C(c2ccc(C)cc2)CC1c1ccco1. The molecule has 1 aromatic carbocycles. The highest BCUT2D eigenvalue weighted by molar-refractivity contribution is 6.03. The number of benzene rings is 1. The molecule has 166 valence electrons. The summed E-state index contributed by atoms with van der Waals surface area (Å²) in [6, 6.07) is 11.5. The minimum atomic E-state index is -0.296. The van der Waals surface area contributed by atoms with Crippen molar-refractivity contribution < 1.29 is 18.7 Å². The molecule has 0 saturated carbocycles. The Hall–Kier alpha value is -2.97. The number of hydrazone groups is 1. The molecule has 1 N–H and O–H groups in total. The maximum absolute atomic E-state index is 13.1. The molecule has 0 spiro atoms. The molecule has 0 fully saturated rings. The van der Waals surface area contributed by atoms with Gasteiger partial charge in [-0.15, -0.1) is 0 Å². The topological polar surface area (TPSA) is 87.4 Å². The van der Waals surface area contributed by atoms with Crippen LogP contribution in [-0.2, 0) is 14.3 Å². The van der Waals surface area contributed by atoms with E-state index in [1.165, 1.54) is 10.6 Å². The first-order valence-electron chi connectivity index (χ1n) is 10.4. The number of ether oxygens (including phenoxy) is 1. The van der Waals surface area contributed by atoms with Crippen LogP contribution in [0.15, 0.2) is 52.2 Å². The summed E-state index contributed by atoms with van der Waals surface area (Å²) in [7, 11) is 3.37. The van der Waals surface area contributed by atoms with Crippen molar-refractivity contribution in [1.82, 2.24) is 15.2 Å². The fraction of sp³-hybridized carbons (Fsp3) is 0.435. The standard InChI is InChI=1S/C23H30N4O4/c1-17-7-9-18(10-8-17)19-14-20(21-6-4-13-31-21)27(25-19)23(29)16-26(2)15-22(28)24-11-5-12-30-3/h4,6-10,13,20H,5,11-12,14-16H2,1-3H3,(H,24,28). The zero-order chi connectivity index (χ0) is 22.2. The van der Waals surface area contributed by atoms with E-state index in [1.54, 1.807) is 25.3 Å². The predicted octanol–water partition coefficient (Wildman–Crippen LogP) is 2.35. The Balaban J connectivity index is 1.64. The molecule has 3 rings (SSSR count). The summed E-state index contributed by atoms with van der Waals surface area (Å²) in [5.74, 6) is 0.384. The van der Waals surface area contributed by atoms with Gasteiger partial charge in [0, 0.05) is 26.7 Å². The van der Waals surface area contributed by atoms with Crippen LogP contribution in [-0.4, -0.2) is 67.8 Å². The predicted molar refractivity (Wildman–Crippen MR) is 118 cm³/mol. The maximum Gasteiger partial charge on any atom is 0.257 e. The fourth-order valence-corrected chi connectivity index (χ4v) is 3.47. The van der Waals surface area contributed by atoms with Crippen LogP contribution in [0.25, 0.3) is 0 Å². The first kappa shape index (κ1) is 22.7. The number of furan rings is 1. The van der Waals surface area contributed by atoms with Crippen LogP contribution >= 0.6 is 0 Å². The number of nitrogens with zero attached hydrogens (tertiary/aromatic N) is 3. The Morgan fingerprint density at radius 3 is 2.71 bits per heavy atom. The third kappa shape index (κ3) is 6.26. The van der Waals surface area contributed by atoms with Gasteiger partial charge in [0.25, 0.3) is 5.91 Å². The first-order chi connectivity index (χ1) is 15.0. The molecular formula is C23H30N4O4. The van der Waals surface area contributed by atoms with Crippen molar-refractivity contribution >= 4 is 17.5 Å². The molecular weight excluding hydrogens is 396 g/mol. The zero-order valence-electron chi connectivity index (χ0n) is 18.3. The number of hydrogen-bond acceptors (Lipinski definition) is 6. The molecule has 1 unspecified atom stereocenters. The molecule has 0 aliphatic carbocycles. The van der Waals surface area contributed by atoms with Gasteiger partial charge in [-0.3, -0.25) is 14.5 Å². The van der Waals surface area contributed by atoms with E-state index >= 15 is 0 Å². The lowest BCUT2D eigenvalue weighted by Gasteiger charge is -2.23. The van der Waals surface area contributed by atoms with Crippen LogP contribution < -0.4 is 5.32 Å². The van der Waals surface area contributed by atoms with Gasteiger partial charge < -0.3 is 14.5 Å². The molecule has 31 heavy (non-hydrogen) atoms. The third-order valence-corrected chi connectivity index (χ3v) is 5.09. The average molecular weight is 427 g/mol. The molecule has 8 nitrogen and oxygen atoms in total. The molecule has 2 amide bonds. The number of aryl methyl sites for hydroxylation is 1. The summed E-state index contributed by atoms with van der Waals surface area (Å²) in [5, 5.41) is 8.94. The third-order valence-electron chi connectivity index (χ3n) is 5.09. The van der Waals surface area contributed by atoms with E-state index in [2.05, 4.69) is 10.4 Å². The van der Waals surface area contributed by atoms with Gasteiger partial charge >= 0.3 is 0 Å². The molecule has 1 aromatic heterocycles. The van der Waals surface area contributed by atoms with Gasteiger partial charge in [0.2, 0.25) is 5.91 Å². The van der Waals surface area contributed by atoms with Gasteiger partial charge in [0.1, 0.15) is 11.8 Å². The Morgan fingerprint density at radius 2 is 2.03 bits per heavy atom. The monoisotopic (exact) mass is 426 g/mol. The summed E-state index contributed by atoms with van der Waals surface area (Å²) in [6.45, 7) is 3.38. The van der Waals surface area contributed by atoms with Crippen molar-refractivity contribution in [3.05, 3.63) is 59.5 Å². The van der Waals surface area contributed by atoms with Crippen LogP contribution in [0.1, 0.15) is 35.8 Å². The molecule has 2 aromatic rings. The van der Waals surface area contributed by atoms with Crippen molar-refractivity contribution in [3.8, 4) is 0 Å². The molecule has 0 bridgehead atoms. The number of methoxy groups -OCH3 is 1. The highest BCUT2D eigenvalue weighted by atomic mass is 16.5. The molecule has 0 radical (unpaired) electrons. The number of hydrogen-bond donors (Lipinski definition) is 1. The van der Waals surface area contributed by atoms with Gasteiger partial charge in [0.15, 0.2) is 0 Å². The average Bonchev–Trinajstić information content (AvgIpc) is 3.41. The Morgan fingerprint density at radius 1 is 1.26 bits per heavy atom. The van der Waals surface area contributed by atoms with Gasteiger partial charge in [0.05, 0.1) is 25.1 Å². The summed E-state index contributed by atoms with van der Waals surface area (Å²) >= 11 is 0. The van der Waals surface area contributed by atoms with E-state index in [0.717, 1.165) is 17.7 Å². The molecule has 1 aliphatic heterocycles. The number of carbonyl (C=O) groups is 2. The molecule has 8 heteroatoms. The van der Waals surface area contributed by atoms with Crippen LogP contribution in [0.3, 0.4) is 0 Å². The Labute approximate surface area is 182 Å². The second-order valence-corrected chi connectivity index (χ2v) is 7.75. The molecule has 2 heterocycles. The molecule has 1 aliphatic rings. The van der Waals surface area contributed by atoms with Crippen molar-refractivity contribution in [2.24, 2.45) is 5.10 Å². The van der Waals surface area contributed by atoms with Crippen molar-refractivity contribution in [3.63, 3.8) is 0 Å². The van der Waals surface area contributed by atoms with Gasteiger partial charge in [-0.2, -0.15) is 5.10 Å². The smallest absolute Gasteiger partial charge is 0.257 e. The van der Waals surface area contributed by atoms with Crippen molar-refractivity contribution in [1.29, 1.82) is 0 Å². The van der Waals surface area contributed by atoms with Crippen molar-refractivity contribution in [2.75, 3.05) is 40.4 Å². The number of rotatable bonds is 10. The van der Waals surface area contributed by atoms with Crippen LogP contribution in [0.5, 0.6) is 0 Å². The van der Waals surface area contributed by atoms with E-state index in [0.29, 0.717) is 25.3 Å². The summed E-state index contributed by atoms with van der Waals surface area (Å²) < 4.78 is 10.5. The zero-order valence-corrected chi connectivity index (χ0v) is 18.3. The first-order valence-corrected chi connectivity index (χ1v) is 10.4. The number of likely N-dealkylation sites (N-methyl/N-ethyl adjacent to an activating group) is 1. The highest BCUT2D eigenvalue weighted by Gasteiger charge is 2.35. The van der Waals surface area contributed by atoms with E-state index in [9.17, 15) is 9.59 Å². The summed E-state index contributed by atoms with van der Waals surface area (Å²) in [6.07, 6.45) is 2.92. The van der Waals surface area contributed by atoms with E-state index in [1.807, 2.05) is 43.3 Å². The number of nitrogens with one attached hydrogen (secondary N) is 1. The highest BCUT2D eigenvalue weighted by Crippen LogP contribution is 2.33.